The maximum absolute atomic E-state index is 11.9. The summed E-state index contributed by atoms with van der Waals surface area (Å²) in [5.74, 6) is -0.939. The Morgan fingerprint density at radius 2 is 1.96 bits per heavy atom. The molecule has 0 atom stereocenters. The number of carbonyl (C=O) groups excluding carboxylic acids is 1. The van der Waals surface area contributed by atoms with Crippen LogP contribution in [-0.2, 0) is 11.3 Å². The molecule has 0 unspecified atom stereocenters. The molecule has 23 heavy (non-hydrogen) atoms. The zero-order valence-electron chi connectivity index (χ0n) is 12.6. The quantitative estimate of drug-likeness (QED) is 0.722. The predicted molar refractivity (Wildman–Crippen MR) is 80.7 cm³/mol. The van der Waals surface area contributed by atoms with Crippen molar-refractivity contribution < 1.29 is 28.6 Å². The number of methoxy groups -OCH3 is 1. The molecule has 7 heteroatoms. The lowest BCUT2D eigenvalue weighted by molar-refractivity contribution is 0.0696. The Kier molecular flexibility index (Phi) is 5.76. The minimum Gasteiger partial charge on any atom is -0.491 e. The highest BCUT2D eigenvalue weighted by molar-refractivity contribution is 5.95. The fraction of sp³-hybridized carbons (Fsp3) is 0.250. The van der Waals surface area contributed by atoms with Crippen LogP contribution in [0.5, 0.6) is 5.75 Å². The third-order valence-corrected chi connectivity index (χ3v) is 3.00. The van der Waals surface area contributed by atoms with Gasteiger partial charge in [-0.3, -0.25) is 4.79 Å². The van der Waals surface area contributed by atoms with E-state index in [2.05, 4.69) is 5.32 Å². The number of hydrogen-bond donors (Lipinski definition) is 2. The summed E-state index contributed by atoms with van der Waals surface area (Å²) in [5.41, 5.74) is 0.815. The Morgan fingerprint density at radius 1 is 1.22 bits per heavy atom. The zero-order valence-corrected chi connectivity index (χ0v) is 12.6. The van der Waals surface area contributed by atoms with E-state index in [9.17, 15) is 9.59 Å². The fourth-order valence-corrected chi connectivity index (χ4v) is 1.78. The van der Waals surface area contributed by atoms with E-state index in [4.69, 9.17) is 19.0 Å². The van der Waals surface area contributed by atoms with Gasteiger partial charge in [0.15, 0.2) is 5.76 Å². The van der Waals surface area contributed by atoms with Crippen LogP contribution in [0.15, 0.2) is 41.0 Å². The molecule has 0 saturated carbocycles. The second kappa shape index (κ2) is 8.00. The van der Waals surface area contributed by atoms with E-state index in [1.807, 2.05) is 12.1 Å². The van der Waals surface area contributed by atoms with Gasteiger partial charge in [0.25, 0.3) is 5.91 Å². The normalized spacial score (nSPS) is 10.3. The van der Waals surface area contributed by atoms with Crippen molar-refractivity contribution in [2.75, 3.05) is 20.3 Å². The van der Waals surface area contributed by atoms with E-state index in [1.165, 1.54) is 6.07 Å². The Bertz CT molecular complexity index is 661. The Labute approximate surface area is 132 Å². The molecule has 122 valence electrons. The molecule has 2 rings (SSSR count). The Balaban J connectivity index is 1.84. The lowest BCUT2D eigenvalue weighted by Gasteiger charge is -2.07. The predicted octanol–water partition coefficient (Wildman–Crippen LogP) is 1.93. The average Bonchev–Trinajstić information content (AvgIpc) is 3.04. The van der Waals surface area contributed by atoms with E-state index in [1.54, 1.807) is 19.2 Å². The van der Waals surface area contributed by atoms with Gasteiger partial charge in [0, 0.05) is 19.7 Å². The van der Waals surface area contributed by atoms with Crippen LogP contribution in [-0.4, -0.2) is 37.3 Å². The van der Waals surface area contributed by atoms with Crippen molar-refractivity contribution in [3.8, 4) is 5.75 Å². The molecule has 2 N–H and O–H groups in total. The number of carboxylic acids is 1. The molecule has 0 radical (unpaired) electrons. The second-order valence-electron chi connectivity index (χ2n) is 4.67. The monoisotopic (exact) mass is 319 g/mol. The smallest absolute Gasteiger partial charge is 0.338 e. The molecule has 0 aliphatic heterocycles. The number of carboxylic acid groups (broad SMARTS) is 1. The van der Waals surface area contributed by atoms with Gasteiger partial charge in [-0.05, 0) is 17.7 Å². The number of aromatic carboxylic acids is 1. The number of ether oxygens (including phenoxy) is 2. The highest BCUT2D eigenvalue weighted by atomic mass is 16.5. The fourth-order valence-electron chi connectivity index (χ4n) is 1.78. The number of hydrogen-bond acceptors (Lipinski definition) is 5. The minimum atomic E-state index is -1.14. The lowest BCUT2D eigenvalue weighted by Crippen LogP contribution is -2.22. The van der Waals surface area contributed by atoms with Gasteiger partial charge >= 0.3 is 5.97 Å². The van der Waals surface area contributed by atoms with Crippen LogP contribution in [0, 0.1) is 0 Å². The second-order valence-corrected chi connectivity index (χ2v) is 4.67. The van der Waals surface area contributed by atoms with Crippen LogP contribution in [0.2, 0.25) is 0 Å². The van der Waals surface area contributed by atoms with Crippen LogP contribution < -0.4 is 10.1 Å². The molecule has 1 aromatic carbocycles. The minimum absolute atomic E-state index is 0.0399. The SMILES string of the molecule is COCCOc1ccc(CNC(=O)c2cc(C(=O)O)co2)cc1. The van der Waals surface area contributed by atoms with Gasteiger partial charge in [0.05, 0.1) is 12.2 Å². The van der Waals surface area contributed by atoms with E-state index in [-0.39, 0.29) is 11.3 Å². The van der Waals surface area contributed by atoms with E-state index in [0.717, 1.165) is 11.8 Å². The van der Waals surface area contributed by atoms with E-state index >= 15 is 0 Å². The molecule has 0 spiro atoms. The first kappa shape index (κ1) is 16.6. The summed E-state index contributed by atoms with van der Waals surface area (Å²) in [7, 11) is 1.60. The van der Waals surface area contributed by atoms with Crippen LogP contribution in [0.25, 0.3) is 0 Å². The average molecular weight is 319 g/mol. The van der Waals surface area contributed by atoms with Gasteiger partial charge < -0.3 is 24.3 Å². The maximum atomic E-state index is 11.9. The standard InChI is InChI=1S/C16H17NO6/c1-21-6-7-22-13-4-2-11(3-5-13)9-17-15(18)14-8-12(10-23-14)16(19)20/h2-5,8,10H,6-7,9H2,1H3,(H,17,18)(H,19,20). The molecule has 0 bridgehead atoms. The topological polar surface area (TPSA) is 98.0 Å². The molecule has 0 fully saturated rings. The van der Waals surface area contributed by atoms with Crippen LogP contribution in [0.4, 0.5) is 0 Å². The van der Waals surface area contributed by atoms with Crippen LogP contribution in [0.1, 0.15) is 26.5 Å². The number of furan rings is 1. The van der Waals surface area contributed by atoms with E-state index < -0.39 is 11.9 Å². The van der Waals surface area contributed by atoms with Crippen LogP contribution in [0.3, 0.4) is 0 Å². The number of nitrogens with one attached hydrogen (secondary N) is 1. The molecular weight excluding hydrogens is 302 g/mol. The van der Waals surface area contributed by atoms with Crippen molar-refractivity contribution in [3.63, 3.8) is 0 Å². The van der Waals surface area contributed by atoms with Crippen molar-refractivity contribution in [1.82, 2.24) is 5.32 Å². The maximum Gasteiger partial charge on any atom is 0.338 e. The molecular formula is C16H17NO6. The Morgan fingerprint density at radius 3 is 2.57 bits per heavy atom. The third kappa shape index (κ3) is 4.86. The van der Waals surface area contributed by atoms with Gasteiger partial charge in [-0.2, -0.15) is 0 Å². The molecule has 1 aromatic heterocycles. The molecule has 0 aliphatic carbocycles. The van der Waals surface area contributed by atoms with Gasteiger partial charge in [0.1, 0.15) is 18.6 Å². The number of amides is 1. The largest absolute Gasteiger partial charge is 0.491 e. The summed E-state index contributed by atoms with van der Waals surface area (Å²) < 4.78 is 15.3. The van der Waals surface area contributed by atoms with Gasteiger partial charge in [0.2, 0.25) is 0 Å². The third-order valence-electron chi connectivity index (χ3n) is 3.00. The van der Waals surface area contributed by atoms with Gasteiger partial charge in [-0.1, -0.05) is 12.1 Å². The molecule has 0 saturated heterocycles. The molecule has 7 nitrogen and oxygen atoms in total. The highest BCUT2D eigenvalue weighted by Crippen LogP contribution is 2.12. The number of rotatable bonds is 8. The molecule has 0 aliphatic rings. The van der Waals surface area contributed by atoms with Gasteiger partial charge in [-0.15, -0.1) is 0 Å². The number of carbonyl (C=O) groups is 2. The van der Waals surface area contributed by atoms with Crippen LogP contribution >= 0.6 is 0 Å². The van der Waals surface area contributed by atoms with Crippen molar-refractivity contribution in [1.29, 1.82) is 0 Å². The molecule has 1 heterocycles. The zero-order chi connectivity index (χ0) is 16.7. The summed E-state index contributed by atoms with van der Waals surface area (Å²) in [6, 6.07) is 8.43. The highest BCUT2D eigenvalue weighted by Gasteiger charge is 2.14. The summed E-state index contributed by atoms with van der Waals surface area (Å²) >= 11 is 0. The van der Waals surface area contributed by atoms with Crippen molar-refractivity contribution in [2.24, 2.45) is 0 Å². The van der Waals surface area contributed by atoms with E-state index in [0.29, 0.717) is 25.5 Å². The first-order valence-corrected chi connectivity index (χ1v) is 6.91. The van der Waals surface area contributed by atoms with Gasteiger partial charge in [-0.25, -0.2) is 4.79 Å². The van der Waals surface area contributed by atoms with Crippen molar-refractivity contribution >= 4 is 11.9 Å². The summed E-state index contributed by atoms with van der Waals surface area (Å²) in [6.07, 6.45) is 1.03. The first-order valence-electron chi connectivity index (χ1n) is 6.91. The lowest BCUT2D eigenvalue weighted by atomic mass is 10.2. The van der Waals surface area contributed by atoms with Crippen molar-refractivity contribution in [3.05, 3.63) is 53.5 Å². The summed E-state index contributed by atoms with van der Waals surface area (Å²) in [4.78, 5) is 22.6. The van der Waals surface area contributed by atoms with Crippen molar-refractivity contribution in [2.45, 2.75) is 6.54 Å². The molecule has 1 amide bonds. The molecule has 2 aromatic rings. The number of benzene rings is 1. The Hall–Kier alpha value is -2.80. The summed E-state index contributed by atoms with van der Waals surface area (Å²) in [6.45, 7) is 1.27. The first-order chi connectivity index (χ1) is 11.1. The summed E-state index contributed by atoms with van der Waals surface area (Å²) in [5, 5.41) is 11.4.